The Morgan fingerprint density at radius 3 is 2.79 bits per heavy atom. The lowest BCUT2D eigenvalue weighted by molar-refractivity contribution is 0.164. The summed E-state index contributed by atoms with van der Waals surface area (Å²) in [7, 11) is 0. The minimum atomic E-state index is -0.369. The van der Waals surface area contributed by atoms with Crippen molar-refractivity contribution >= 4 is 27.7 Å². The van der Waals surface area contributed by atoms with Crippen LogP contribution in [-0.2, 0) is 6.42 Å². The second-order valence-electron chi connectivity index (χ2n) is 4.56. The first-order valence-electron chi connectivity index (χ1n) is 6.05. The van der Waals surface area contributed by atoms with Crippen molar-refractivity contribution in [1.82, 2.24) is 10.1 Å². The van der Waals surface area contributed by atoms with Crippen molar-refractivity contribution in [2.24, 2.45) is 0 Å². The Bertz CT molecular complexity index is 558. The first-order chi connectivity index (χ1) is 9.22. The van der Waals surface area contributed by atoms with Gasteiger partial charge in [-0.25, -0.2) is 0 Å². The molecular weight excluding hydrogens is 328 g/mol. The number of hydrogen-bond acceptors (Lipinski definition) is 5. The number of rotatable bonds is 3. The second kappa shape index (κ2) is 5.64. The third-order valence-electron chi connectivity index (χ3n) is 3.13. The Labute approximate surface area is 123 Å². The molecule has 1 aliphatic rings. The highest BCUT2D eigenvalue weighted by atomic mass is 79.9. The van der Waals surface area contributed by atoms with E-state index in [0.29, 0.717) is 18.1 Å². The van der Waals surface area contributed by atoms with Gasteiger partial charge in [0.15, 0.2) is 5.82 Å². The van der Waals surface area contributed by atoms with Crippen LogP contribution >= 0.6 is 27.7 Å². The molecule has 0 radical (unpaired) electrons. The molecule has 1 aromatic heterocycles. The average molecular weight is 341 g/mol. The van der Waals surface area contributed by atoms with Crippen LogP contribution in [-0.4, -0.2) is 32.9 Å². The smallest absolute Gasteiger partial charge is 0.233 e. The van der Waals surface area contributed by atoms with Crippen molar-refractivity contribution in [1.29, 1.82) is 0 Å². The number of thioether (sulfide) groups is 1. The molecule has 1 aliphatic heterocycles. The summed E-state index contributed by atoms with van der Waals surface area (Å²) in [5, 5.41) is 13.8. The van der Waals surface area contributed by atoms with E-state index in [4.69, 9.17) is 4.52 Å². The third-order valence-corrected chi connectivity index (χ3v) is 4.83. The molecule has 1 fully saturated rings. The number of benzene rings is 1. The molecule has 100 valence electrons. The van der Waals surface area contributed by atoms with E-state index in [-0.39, 0.29) is 12.0 Å². The normalized spacial score (nSPS) is 22.8. The van der Waals surface area contributed by atoms with Gasteiger partial charge in [0, 0.05) is 22.4 Å². The van der Waals surface area contributed by atoms with Crippen LogP contribution in [0.25, 0.3) is 0 Å². The molecule has 0 saturated carbocycles. The van der Waals surface area contributed by atoms with Gasteiger partial charge < -0.3 is 9.63 Å². The van der Waals surface area contributed by atoms with Gasteiger partial charge in [-0.1, -0.05) is 33.2 Å². The Balaban J connectivity index is 1.72. The molecule has 0 spiro atoms. The highest BCUT2D eigenvalue weighted by molar-refractivity contribution is 9.10. The molecule has 1 aromatic carbocycles. The van der Waals surface area contributed by atoms with Gasteiger partial charge in [0.2, 0.25) is 5.89 Å². The van der Waals surface area contributed by atoms with Gasteiger partial charge in [-0.15, -0.1) is 0 Å². The van der Waals surface area contributed by atoms with E-state index in [9.17, 15) is 5.11 Å². The topological polar surface area (TPSA) is 59.2 Å². The molecule has 2 atom stereocenters. The summed E-state index contributed by atoms with van der Waals surface area (Å²) in [5.41, 5.74) is 1.14. The Morgan fingerprint density at radius 2 is 2.11 bits per heavy atom. The maximum Gasteiger partial charge on any atom is 0.233 e. The van der Waals surface area contributed by atoms with Gasteiger partial charge in [-0.3, -0.25) is 0 Å². The maximum atomic E-state index is 9.82. The molecule has 2 unspecified atom stereocenters. The zero-order chi connectivity index (χ0) is 13.2. The molecule has 6 heteroatoms. The quantitative estimate of drug-likeness (QED) is 0.930. The van der Waals surface area contributed by atoms with Crippen molar-refractivity contribution < 1.29 is 9.63 Å². The lowest BCUT2D eigenvalue weighted by Gasteiger charge is -2.06. The molecule has 0 aliphatic carbocycles. The van der Waals surface area contributed by atoms with Gasteiger partial charge in [0.25, 0.3) is 0 Å². The third kappa shape index (κ3) is 3.01. The molecule has 0 amide bonds. The predicted octanol–water partition coefficient (Wildman–Crippen LogP) is 2.61. The van der Waals surface area contributed by atoms with Gasteiger partial charge in [-0.05, 0) is 17.7 Å². The van der Waals surface area contributed by atoms with E-state index in [0.717, 1.165) is 21.5 Å². The van der Waals surface area contributed by atoms with Gasteiger partial charge in [-0.2, -0.15) is 16.7 Å². The maximum absolute atomic E-state index is 9.82. The molecule has 0 bridgehead atoms. The molecule has 1 saturated heterocycles. The number of aliphatic hydroxyl groups is 1. The van der Waals surface area contributed by atoms with Crippen molar-refractivity contribution in [2.75, 3.05) is 11.5 Å². The number of aromatic nitrogens is 2. The summed E-state index contributed by atoms with van der Waals surface area (Å²) < 4.78 is 6.32. The first-order valence-corrected chi connectivity index (χ1v) is 8.00. The molecule has 3 rings (SSSR count). The lowest BCUT2D eigenvalue weighted by Crippen LogP contribution is -2.15. The number of nitrogens with zero attached hydrogens (tertiary/aromatic N) is 2. The Morgan fingerprint density at radius 1 is 1.32 bits per heavy atom. The van der Waals surface area contributed by atoms with E-state index in [2.05, 4.69) is 26.1 Å². The molecule has 1 N–H and O–H groups in total. The largest absolute Gasteiger partial charge is 0.391 e. The molecule has 19 heavy (non-hydrogen) atoms. The lowest BCUT2D eigenvalue weighted by atomic mass is 10.1. The van der Waals surface area contributed by atoms with Crippen molar-refractivity contribution in [3.8, 4) is 0 Å². The van der Waals surface area contributed by atoms with Gasteiger partial charge in [0.1, 0.15) is 0 Å². The van der Waals surface area contributed by atoms with E-state index in [1.54, 1.807) is 11.8 Å². The molecular formula is C13H13BrN2O2S. The highest BCUT2D eigenvalue weighted by Gasteiger charge is 2.31. The summed E-state index contributed by atoms with van der Waals surface area (Å²) in [4.78, 5) is 4.40. The first kappa shape index (κ1) is 13.1. The van der Waals surface area contributed by atoms with Crippen LogP contribution in [0.15, 0.2) is 33.3 Å². The Hall–Kier alpha value is -0.850. The van der Waals surface area contributed by atoms with E-state index in [1.807, 2.05) is 24.3 Å². The number of hydrogen-bond donors (Lipinski definition) is 1. The second-order valence-corrected chi connectivity index (χ2v) is 6.55. The molecule has 2 aromatic rings. The van der Waals surface area contributed by atoms with E-state index >= 15 is 0 Å². The van der Waals surface area contributed by atoms with Crippen LogP contribution in [0.3, 0.4) is 0 Å². The van der Waals surface area contributed by atoms with Gasteiger partial charge in [0.05, 0.1) is 12.0 Å². The minimum Gasteiger partial charge on any atom is -0.391 e. The summed E-state index contributed by atoms with van der Waals surface area (Å²) in [6.45, 7) is 0. The molecule has 2 heterocycles. The SMILES string of the molecule is OC1CSCC1c1nc(Cc2ccc(Br)cc2)no1. The van der Waals surface area contributed by atoms with Crippen LogP contribution in [0.5, 0.6) is 0 Å². The van der Waals surface area contributed by atoms with Crippen LogP contribution in [0.4, 0.5) is 0 Å². The van der Waals surface area contributed by atoms with Crippen LogP contribution in [0.2, 0.25) is 0 Å². The number of aliphatic hydroxyl groups excluding tert-OH is 1. The summed E-state index contributed by atoms with van der Waals surface area (Å²) in [5.74, 6) is 2.80. The zero-order valence-corrected chi connectivity index (χ0v) is 12.5. The summed E-state index contributed by atoms with van der Waals surface area (Å²) in [6, 6.07) is 8.04. The summed E-state index contributed by atoms with van der Waals surface area (Å²) in [6.07, 6.45) is 0.276. The number of halogens is 1. The van der Waals surface area contributed by atoms with E-state index < -0.39 is 0 Å². The standard InChI is InChI=1S/C13H13BrN2O2S/c14-9-3-1-8(2-4-9)5-12-15-13(18-16-12)10-6-19-7-11(10)17/h1-4,10-11,17H,5-7H2. The summed E-state index contributed by atoms with van der Waals surface area (Å²) >= 11 is 5.12. The van der Waals surface area contributed by atoms with Crippen LogP contribution < -0.4 is 0 Å². The predicted molar refractivity (Wildman–Crippen MR) is 77.3 cm³/mol. The van der Waals surface area contributed by atoms with E-state index in [1.165, 1.54) is 0 Å². The van der Waals surface area contributed by atoms with Crippen LogP contribution in [0, 0.1) is 0 Å². The van der Waals surface area contributed by atoms with Crippen LogP contribution in [0.1, 0.15) is 23.2 Å². The monoisotopic (exact) mass is 340 g/mol. The zero-order valence-electron chi connectivity index (χ0n) is 10.1. The fourth-order valence-electron chi connectivity index (χ4n) is 2.05. The minimum absolute atomic E-state index is 0.0174. The molecule has 4 nitrogen and oxygen atoms in total. The fourth-order valence-corrected chi connectivity index (χ4v) is 3.55. The van der Waals surface area contributed by atoms with Gasteiger partial charge >= 0.3 is 0 Å². The van der Waals surface area contributed by atoms with Crippen molar-refractivity contribution in [3.05, 3.63) is 46.0 Å². The van der Waals surface area contributed by atoms with Crippen molar-refractivity contribution in [3.63, 3.8) is 0 Å². The Kier molecular flexibility index (Phi) is 3.91. The highest BCUT2D eigenvalue weighted by Crippen LogP contribution is 2.31. The van der Waals surface area contributed by atoms with Crippen molar-refractivity contribution in [2.45, 2.75) is 18.4 Å². The fraction of sp³-hybridized carbons (Fsp3) is 0.385. The average Bonchev–Trinajstić information content (AvgIpc) is 3.01.